The second-order valence-electron chi connectivity index (χ2n) is 1.13. The van der Waals surface area contributed by atoms with E-state index in [4.69, 9.17) is 10.4 Å². The smallest absolute Gasteiger partial charge is 0.292 e. The number of carbonyl (C=O) groups excluding carboxylic acids is 1. The van der Waals surface area contributed by atoms with Crippen molar-refractivity contribution >= 4 is 11.6 Å². The third kappa shape index (κ3) is 1.57. The normalized spacial score (nSPS) is 11.0. The Kier molecular flexibility index (Phi) is 2.57. The van der Waals surface area contributed by atoms with Gasteiger partial charge in [0.1, 0.15) is 5.71 Å². The molecule has 8 heavy (non-hydrogen) atoms. The van der Waals surface area contributed by atoms with Crippen LogP contribution in [0, 0.1) is 0 Å². The summed E-state index contributed by atoms with van der Waals surface area (Å²) in [6.07, 6.45) is 0. The van der Waals surface area contributed by atoms with Crippen LogP contribution in [0.1, 0.15) is 6.92 Å². The minimum Gasteiger partial charge on any atom is -0.410 e. The maximum absolute atomic E-state index is 10.1. The predicted molar refractivity (Wildman–Crippen MR) is 24.8 cm³/mol. The van der Waals surface area contributed by atoms with Crippen molar-refractivity contribution in [1.29, 1.82) is 0 Å². The monoisotopic (exact) mass is 118 g/mol. The predicted octanol–water partition coefficient (Wildman–Crippen LogP) is -0.658. The minimum absolute atomic E-state index is 0.187. The lowest BCUT2D eigenvalue weighted by atomic mass is 10.4. The number of carbonyl (C=O) groups is 1. The summed E-state index contributed by atoms with van der Waals surface area (Å²) in [5.74, 6) is -0.812. The van der Waals surface area contributed by atoms with E-state index in [1.165, 1.54) is 12.4 Å². The molecule has 0 aromatic carbocycles. The van der Waals surface area contributed by atoms with Crippen LogP contribution in [0.3, 0.4) is 0 Å². The number of rotatable bonds is 1. The summed E-state index contributed by atoms with van der Waals surface area (Å²) in [5, 5.41) is 18.2. The zero-order valence-corrected chi connectivity index (χ0v) is 4.25. The van der Waals surface area contributed by atoms with Crippen LogP contribution in [0.4, 0.5) is 0 Å². The Morgan fingerprint density at radius 1 is 1.75 bits per heavy atom. The first-order valence-corrected chi connectivity index (χ1v) is 1.85. The molecule has 0 heterocycles. The van der Waals surface area contributed by atoms with Crippen molar-refractivity contribution in [3.8, 4) is 0 Å². The van der Waals surface area contributed by atoms with Gasteiger partial charge in [-0.15, -0.1) is 0 Å². The number of hydroxylamine groups is 1. The fraction of sp³-hybridized carbons (Fsp3) is 0.333. The van der Waals surface area contributed by atoms with Gasteiger partial charge in [0.15, 0.2) is 0 Å². The summed E-state index contributed by atoms with van der Waals surface area (Å²) < 4.78 is 0. The molecule has 3 N–H and O–H groups in total. The average Bonchev–Trinajstić information content (AvgIpc) is 1.84. The molecule has 0 aliphatic carbocycles. The Labute approximate surface area is 45.6 Å². The lowest BCUT2D eigenvalue weighted by Gasteiger charge is -1.90. The van der Waals surface area contributed by atoms with E-state index < -0.39 is 5.91 Å². The van der Waals surface area contributed by atoms with Gasteiger partial charge < -0.3 is 5.21 Å². The molecular formula is C3H6N2O3. The Balaban J connectivity index is 3.83. The van der Waals surface area contributed by atoms with Gasteiger partial charge in [0, 0.05) is 0 Å². The summed E-state index contributed by atoms with van der Waals surface area (Å²) in [4.78, 5) is 10.1. The van der Waals surface area contributed by atoms with Crippen LogP contribution in [0.15, 0.2) is 5.16 Å². The lowest BCUT2D eigenvalue weighted by molar-refractivity contribution is -0.122. The fourth-order valence-corrected chi connectivity index (χ4v) is 0.126. The Hall–Kier alpha value is -1.10. The molecule has 0 aliphatic heterocycles. The minimum atomic E-state index is -0.812. The third-order valence-corrected chi connectivity index (χ3v) is 0.580. The van der Waals surface area contributed by atoms with Crippen LogP contribution >= 0.6 is 0 Å². The van der Waals surface area contributed by atoms with Crippen molar-refractivity contribution < 1.29 is 15.2 Å². The van der Waals surface area contributed by atoms with Crippen molar-refractivity contribution in [3.63, 3.8) is 0 Å². The van der Waals surface area contributed by atoms with Crippen LogP contribution < -0.4 is 5.48 Å². The van der Waals surface area contributed by atoms with Gasteiger partial charge >= 0.3 is 0 Å². The molecule has 1 amide bonds. The van der Waals surface area contributed by atoms with E-state index in [-0.39, 0.29) is 5.71 Å². The van der Waals surface area contributed by atoms with Crippen LogP contribution in [0.2, 0.25) is 0 Å². The second-order valence-corrected chi connectivity index (χ2v) is 1.13. The van der Waals surface area contributed by atoms with E-state index in [9.17, 15) is 4.79 Å². The van der Waals surface area contributed by atoms with Crippen LogP contribution in [0.25, 0.3) is 0 Å². The molecule has 5 heteroatoms. The highest BCUT2D eigenvalue weighted by molar-refractivity contribution is 6.37. The molecule has 5 nitrogen and oxygen atoms in total. The molecular weight excluding hydrogens is 112 g/mol. The lowest BCUT2D eigenvalue weighted by Crippen LogP contribution is -2.25. The third-order valence-electron chi connectivity index (χ3n) is 0.580. The molecule has 0 unspecified atom stereocenters. The standard InChI is InChI=1S/C3H6N2O3/c1-2(4-7)3(6)5-8/h7-8H,1H3,(H,5,6). The first-order valence-electron chi connectivity index (χ1n) is 1.85. The van der Waals surface area contributed by atoms with Crippen LogP contribution in [0.5, 0.6) is 0 Å². The summed E-state index contributed by atoms with van der Waals surface area (Å²) in [5.41, 5.74) is 1.10. The van der Waals surface area contributed by atoms with E-state index in [1.807, 2.05) is 0 Å². The van der Waals surface area contributed by atoms with E-state index >= 15 is 0 Å². The molecule has 0 aromatic heterocycles. The quantitative estimate of drug-likeness (QED) is 0.185. The van der Waals surface area contributed by atoms with Crippen molar-refractivity contribution in [1.82, 2.24) is 5.48 Å². The number of amides is 1. The molecule has 0 fully saturated rings. The van der Waals surface area contributed by atoms with Gasteiger partial charge in [0.25, 0.3) is 5.91 Å². The summed E-state index contributed by atoms with van der Waals surface area (Å²) in [6, 6.07) is 0. The molecule has 0 atom stereocenters. The molecule has 0 bridgehead atoms. The summed E-state index contributed by atoms with van der Waals surface area (Å²) in [6.45, 7) is 1.26. The largest absolute Gasteiger partial charge is 0.410 e. The second kappa shape index (κ2) is 2.98. The first-order chi connectivity index (χ1) is 3.72. The highest BCUT2D eigenvalue weighted by Gasteiger charge is 2.01. The zero-order valence-electron chi connectivity index (χ0n) is 4.25. The number of nitrogens with zero attached hydrogens (tertiary/aromatic N) is 1. The number of hydrogen-bond donors (Lipinski definition) is 3. The molecule has 0 rings (SSSR count). The number of nitrogens with one attached hydrogen (secondary N) is 1. The van der Waals surface area contributed by atoms with E-state index in [0.29, 0.717) is 0 Å². The highest BCUT2D eigenvalue weighted by atomic mass is 16.5. The topological polar surface area (TPSA) is 81.9 Å². The zero-order chi connectivity index (χ0) is 6.57. The Morgan fingerprint density at radius 2 is 2.25 bits per heavy atom. The number of hydrogen-bond acceptors (Lipinski definition) is 4. The van der Waals surface area contributed by atoms with Crippen LogP contribution in [-0.4, -0.2) is 22.0 Å². The summed E-state index contributed by atoms with van der Waals surface area (Å²) >= 11 is 0. The van der Waals surface area contributed by atoms with Crippen molar-refractivity contribution in [3.05, 3.63) is 0 Å². The SMILES string of the molecule is CC(=NO)C(=O)NO. The highest BCUT2D eigenvalue weighted by Crippen LogP contribution is 1.70. The van der Waals surface area contributed by atoms with Crippen molar-refractivity contribution in [2.24, 2.45) is 5.16 Å². The molecule has 46 valence electrons. The van der Waals surface area contributed by atoms with Crippen molar-refractivity contribution in [2.45, 2.75) is 6.92 Å². The van der Waals surface area contributed by atoms with Gasteiger partial charge in [-0.05, 0) is 6.92 Å². The molecule has 0 aromatic rings. The maximum atomic E-state index is 10.1. The van der Waals surface area contributed by atoms with Gasteiger partial charge in [-0.1, -0.05) is 5.16 Å². The Morgan fingerprint density at radius 3 is 2.38 bits per heavy atom. The molecule has 0 spiro atoms. The average molecular weight is 118 g/mol. The molecule has 0 radical (unpaired) electrons. The van der Waals surface area contributed by atoms with Gasteiger partial charge in [0.2, 0.25) is 0 Å². The van der Waals surface area contributed by atoms with Crippen molar-refractivity contribution in [2.75, 3.05) is 0 Å². The summed E-state index contributed by atoms with van der Waals surface area (Å²) in [7, 11) is 0. The van der Waals surface area contributed by atoms with Gasteiger partial charge in [-0.3, -0.25) is 10.0 Å². The number of oxime groups is 1. The van der Waals surface area contributed by atoms with Gasteiger partial charge in [0.05, 0.1) is 0 Å². The van der Waals surface area contributed by atoms with E-state index in [2.05, 4.69) is 5.16 Å². The molecule has 0 saturated carbocycles. The van der Waals surface area contributed by atoms with Crippen LogP contribution in [-0.2, 0) is 4.79 Å². The van der Waals surface area contributed by atoms with E-state index in [0.717, 1.165) is 0 Å². The van der Waals surface area contributed by atoms with Gasteiger partial charge in [-0.2, -0.15) is 0 Å². The Bertz CT molecular complexity index is 120. The fourth-order valence-electron chi connectivity index (χ4n) is 0.126. The first kappa shape index (κ1) is 6.90. The molecule has 0 saturated heterocycles. The van der Waals surface area contributed by atoms with Gasteiger partial charge in [-0.25, -0.2) is 5.48 Å². The maximum Gasteiger partial charge on any atom is 0.292 e. The molecule has 0 aliphatic rings. The van der Waals surface area contributed by atoms with E-state index in [1.54, 1.807) is 0 Å².